The van der Waals surface area contributed by atoms with Gasteiger partial charge in [0.05, 0.1) is 20.3 Å². The summed E-state index contributed by atoms with van der Waals surface area (Å²) in [4.78, 5) is 25.4. The van der Waals surface area contributed by atoms with E-state index in [4.69, 9.17) is 4.74 Å². The minimum Gasteiger partial charge on any atom is -0.467 e. The number of nitrogens with zero attached hydrogens (tertiary/aromatic N) is 1. The zero-order valence-electron chi connectivity index (χ0n) is 13.5. The van der Waals surface area contributed by atoms with E-state index >= 15 is 0 Å². The number of carbonyl (C=O) groups excluding carboxylic acids is 2. The molecule has 1 aromatic carbocycles. The number of nitrogens with one attached hydrogen (secondary N) is 2. The van der Waals surface area contributed by atoms with E-state index in [2.05, 4.69) is 20.3 Å². The number of hydrogen-bond donors (Lipinski definition) is 2. The predicted molar refractivity (Wildman–Crippen MR) is 86.2 cm³/mol. The van der Waals surface area contributed by atoms with Crippen LogP contribution in [0.25, 0.3) is 0 Å². The Labute approximate surface area is 135 Å². The first-order chi connectivity index (χ1) is 11.1. The van der Waals surface area contributed by atoms with Crippen LogP contribution in [-0.4, -0.2) is 56.4 Å². The number of methoxy groups -OCH3 is 1. The van der Waals surface area contributed by atoms with Gasteiger partial charge in [-0.05, 0) is 24.6 Å². The minimum absolute atomic E-state index is 0.441. The number of urea groups is 1. The minimum atomic E-state index is -0.694. The van der Waals surface area contributed by atoms with Gasteiger partial charge in [0.2, 0.25) is 0 Å². The maximum Gasteiger partial charge on any atom is 0.328 e. The monoisotopic (exact) mass is 321 g/mol. The fourth-order valence-corrected chi connectivity index (χ4v) is 2.31. The summed E-state index contributed by atoms with van der Waals surface area (Å²) < 4.78 is 9.88. The van der Waals surface area contributed by atoms with E-state index in [0.717, 1.165) is 32.8 Å². The Morgan fingerprint density at radius 1 is 1.26 bits per heavy atom. The molecule has 2 N–H and O–H groups in total. The van der Waals surface area contributed by atoms with Crippen molar-refractivity contribution in [3.63, 3.8) is 0 Å². The molecule has 1 aromatic rings. The number of anilines is 1. The fraction of sp³-hybridized carbons (Fsp3) is 0.500. The molecule has 0 aromatic heterocycles. The standard InChI is InChI=1S/C16H23N3O4/c1-12(15(20)22-2)17-16(21)18-14-5-3-13(4-6-14)11-19-7-9-23-10-8-19/h3-6,12H,7-11H2,1-2H3,(H2,17,18,21). The zero-order chi connectivity index (χ0) is 16.7. The molecule has 0 bridgehead atoms. The van der Waals surface area contributed by atoms with Gasteiger partial charge in [0.25, 0.3) is 0 Å². The number of amides is 2. The number of benzene rings is 1. The third-order valence-electron chi connectivity index (χ3n) is 3.62. The molecule has 1 aliphatic rings. The first kappa shape index (κ1) is 17.2. The van der Waals surface area contributed by atoms with Crippen molar-refractivity contribution in [2.45, 2.75) is 19.5 Å². The Morgan fingerprint density at radius 3 is 2.52 bits per heavy atom. The van der Waals surface area contributed by atoms with Crippen LogP contribution in [0.2, 0.25) is 0 Å². The molecular formula is C16H23N3O4. The van der Waals surface area contributed by atoms with Crippen molar-refractivity contribution in [3.8, 4) is 0 Å². The number of ether oxygens (including phenoxy) is 2. The number of hydrogen-bond acceptors (Lipinski definition) is 5. The van der Waals surface area contributed by atoms with Crippen molar-refractivity contribution >= 4 is 17.7 Å². The lowest BCUT2D eigenvalue weighted by Gasteiger charge is -2.26. The van der Waals surface area contributed by atoms with Gasteiger partial charge >= 0.3 is 12.0 Å². The van der Waals surface area contributed by atoms with Crippen molar-refractivity contribution < 1.29 is 19.1 Å². The van der Waals surface area contributed by atoms with Gasteiger partial charge in [-0.25, -0.2) is 9.59 Å². The summed E-state index contributed by atoms with van der Waals surface area (Å²) in [5.41, 5.74) is 1.85. The van der Waals surface area contributed by atoms with Crippen LogP contribution >= 0.6 is 0 Å². The highest BCUT2D eigenvalue weighted by Crippen LogP contribution is 2.12. The van der Waals surface area contributed by atoms with Crippen LogP contribution in [0, 0.1) is 0 Å². The molecular weight excluding hydrogens is 298 g/mol. The van der Waals surface area contributed by atoms with Crippen molar-refractivity contribution in [1.29, 1.82) is 0 Å². The SMILES string of the molecule is COC(=O)C(C)NC(=O)Nc1ccc(CN2CCOCC2)cc1. The van der Waals surface area contributed by atoms with Gasteiger partial charge in [-0.15, -0.1) is 0 Å². The number of rotatable bonds is 5. The average molecular weight is 321 g/mol. The Morgan fingerprint density at radius 2 is 1.91 bits per heavy atom. The van der Waals surface area contributed by atoms with E-state index in [1.165, 1.54) is 12.7 Å². The van der Waals surface area contributed by atoms with Crippen molar-refractivity contribution in [1.82, 2.24) is 10.2 Å². The first-order valence-corrected chi connectivity index (χ1v) is 7.63. The van der Waals surface area contributed by atoms with E-state index in [1.807, 2.05) is 24.3 Å². The summed E-state index contributed by atoms with van der Waals surface area (Å²) in [6.07, 6.45) is 0. The zero-order valence-corrected chi connectivity index (χ0v) is 13.5. The summed E-state index contributed by atoms with van der Waals surface area (Å²) in [5, 5.41) is 5.20. The molecule has 2 rings (SSSR count). The van der Waals surface area contributed by atoms with Gasteiger partial charge in [-0.1, -0.05) is 12.1 Å². The maximum atomic E-state index is 11.8. The van der Waals surface area contributed by atoms with E-state index < -0.39 is 18.0 Å². The third-order valence-corrected chi connectivity index (χ3v) is 3.62. The number of morpholine rings is 1. The van der Waals surface area contributed by atoms with Gasteiger partial charge < -0.3 is 20.1 Å². The lowest BCUT2D eigenvalue weighted by Crippen LogP contribution is -2.41. The van der Waals surface area contributed by atoms with Gasteiger partial charge in [0.15, 0.2) is 0 Å². The van der Waals surface area contributed by atoms with Crippen molar-refractivity contribution in [3.05, 3.63) is 29.8 Å². The highest BCUT2D eigenvalue weighted by atomic mass is 16.5. The van der Waals surface area contributed by atoms with Gasteiger partial charge in [0.1, 0.15) is 6.04 Å². The highest BCUT2D eigenvalue weighted by molar-refractivity contribution is 5.92. The van der Waals surface area contributed by atoms with E-state index in [9.17, 15) is 9.59 Å². The number of esters is 1. The second-order valence-electron chi connectivity index (χ2n) is 5.43. The molecule has 0 saturated carbocycles. The molecule has 1 saturated heterocycles. The van der Waals surface area contributed by atoms with Crippen LogP contribution in [0.15, 0.2) is 24.3 Å². The normalized spacial score (nSPS) is 16.4. The molecule has 2 amide bonds. The fourth-order valence-electron chi connectivity index (χ4n) is 2.31. The molecule has 0 spiro atoms. The third kappa shape index (κ3) is 5.54. The van der Waals surface area contributed by atoms with Crippen LogP contribution < -0.4 is 10.6 Å². The maximum absolute atomic E-state index is 11.8. The van der Waals surface area contributed by atoms with Crippen LogP contribution in [0.5, 0.6) is 0 Å². The van der Waals surface area contributed by atoms with Crippen LogP contribution in [0.4, 0.5) is 10.5 Å². The van der Waals surface area contributed by atoms with Crippen LogP contribution in [0.3, 0.4) is 0 Å². The second kappa shape index (κ2) is 8.50. The molecule has 1 fully saturated rings. The van der Waals surface area contributed by atoms with E-state index in [0.29, 0.717) is 5.69 Å². The molecule has 1 unspecified atom stereocenters. The van der Waals surface area contributed by atoms with Crippen LogP contribution in [0.1, 0.15) is 12.5 Å². The molecule has 1 atom stereocenters. The summed E-state index contributed by atoms with van der Waals surface area (Å²) in [5.74, 6) is -0.485. The molecule has 0 aliphatic carbocycles. The summed E-state index contributed by atoms with van der Waals surface area (Å²) in [6.45, 7) is 5.87. The van der Waals surface area contributed by atoms with Crippen molar-refractivity contribution in [2.24, 2.45) is 0 Å². The van der Waals surface area contributed by atoms with Crippen LogP contribution in [-0.2, 0) is 20.8 Å². The highest BCUT2D eigenvalue weighted by Gasteiger charge is 2.15. The quantitative estimate of drug-likeness (QED) is 0.797. The molecule has 1 heterocycles. The van der Waals surface area contributed by atoms with E-state index in [1.54, 1.807) is 6.92 Å². The Bertz CT molecular complexity index is 527. The second-order valence-corrected chi connectivity index (χ2v) is 5.43. The number of carbonyl (C=O) groups is 2. The smallest absolute Gasteiger partial charge is 0.328 e. The summed E-state index contributed by atoms with van der Waals surface area (Å²) >= 11 is 0. The van der Waals surface area contributed by atoms with E-state index in [-0.39, 0.29) is 0 Å². The average Bonchev–Trinajstić information content (AvgIpc) is 2.56. The molecule has 1 aliphatic heterocycles. The lowest BCUT2D eigenvalue weighted by atomic mass is 10.2. The van der Waals surface area contributed by atoms with Gasteiger partial charge in [0, 0.05) is 25.3 Å². The summed E-state index contributed by atoms with van der Waals surface area (Å²) in [6, 6.07) is 6.52. The molecule has 7 nitrogen and oxygen atoms in total. The van der Waals surface area contributed by atoms with Gasteiger partial charge in [-0.3, -0.25) is 4.90 Å². The Hall–Kier alpha value is -2.12. The molecule has 126 valence electrons. The molecule has 23 heavy (non-hydrogen) atoms. The van der Waals surface area contributed by atoms with Gasteiger partial charge in [-0.2, -0.15) is 0 Å². The molecule has 7 heteroatoms. The Kier molecular flexibility index (Phi) is 6.37. The molecule has 0 radical (unpaired) electrons. The first-order valence-electron chi connectivity index (χ1n) is 7.63. The van der Waals surface area contributed by atoms with Crippen molar-refractivity contribution in [2.75, 3.05) is 38.7 Å². The largest absolute Gasteiger partial charge is 0.467 e. The Balaban J connectivity index is 1.82. The lowest BCUT2D eigenvalue weighted by molar-refractivity contribution is -0.142. The summed E-state index contributed by atoms with van der Waals surface area (Å²) in [7, 11) is 1.28. The topological polar surface area (TPSA) is 79.9 Å². The predicted octanol–water partition coefficient (Wildman–Crippen LogP) is 1.20.